The van der Waals surface area contributed by atoms with Gasteiger partial charge in [-0.1, -0.05) is 19.9 Å². The molecule has 1 amide bonds. The van der Waals surface area contributed by atoms with E-state index < -0.39 is 0 Å². The lowest BCUT2D eigenvalue weighted by Crippen LogP contribution is -2.40. The fraction of sp³-hybridized carbons (Fsp3) is 0.562. The zero-order chi connectivity index (χ0) is 14.7. The standard InChI is InChI=1S/C16H24N2O2/c1-10-7-11(2)9-12(8-10)18-16(19)13-5-4-6-14(20-3)15(13)17/h4-6,10-12H,7-9,17H2,1-3H3,(H,18,19). The molecule has 1 aromatic carbocycles. The fourth-order valence-corrected chi connectivity index (χ4v) is 3.25. The maximum absolute atomic E-state index is 12.4. The van der Waals surface area contributed by atoms with Crippen molar-refractivity contribution in [1.82, 2.24) is 5.32 Å². The molecule has 0 saturated heterocycles. The Bertz CT molecular complexity index is 477. The van der Waals surface area contributed by atoms with Gasteiger partial charge >= 0.3 is 0 Å². The lowest BCUT2D eigenvalue weighted by molar-refractivity contribution is 0.0912. The predicted molar refractivity (Wildman–Crippen MR) is 80.8 cm³/mol. The first kappa shape index (κ1) is 14.7. The molecule has 0 bridgehead atoms. The van der Waals surface area contributed by atoms with Crippen LogP contribution in [0.5, 0.6) is 5.75 Å². The molecule has 3 N–H and O–H groups in total. The van der Waals surface area contributed by atoms with Gasteiger partial charge in [-0.25, -0.2) is 0 Å². The number of nitrogens with two attached hydrogens (primary N) is 1. The largest absolute Gasteiger partial charge is 0.495 e. The van der Waals surface area contributed by atoms with E-state index in [0.29, 0.717) is 28.8 Å². The molecule has 20 heavy (non-hydrogen) atoms. The van der Waals surface area contributed by atoms with Crippen LogP contribution in [0.4, 0.5) is 5.69 Å². The van der Waals surface area contributed by atoms with E-state index in [1.165, 1.54) is 6.42 Å². The lowest BCUT2D eigenvalue weighted by atomic mass is 9.80. The Hall–Kier alpha value is -1.71. The minimum Gasteiger partial charge on any atom is -0.495 e. The molecule has 4 heteroatoms. The third-order valence-corrected chi connectivity index (χ3v) is 4.04. The molecule has 1 aromatic rings. The van der Waals surface area contributed by atoms with E-state index in [4.69, 9.17) is 10.5 Å². The van der Waals surface area contributed by atoms with E-state index in [-0.39, 0.29) is 11.9 Å². The maximum atomic E-state index is 12.4. The number of methoxy groups -OCH3 is 1. The van der Waals surface area contributed by atoms with Crippen LogP contribution in [-0.2, 0) is 0 Å². The average Bonchev–Trinajstić information content (AvgIpc) is 2.37. The van der Waals surface area contributed by atoms with E-state index in [0.717, 1.165) is 12.8 Å². The van der Waals surface area contributed by atoms with Crippen molar-refractivity contribution in [2.24, 2.45) is 11.8 Å². The number of anilines is 1. The molecular weight excluding hydrogens is 252 g/mol. The van der Waals surface area contributed by atoms with Crippen LogP contribution in [0.15, 0.2) is 18.2 Å². The zero-order valence-corrected chi connectivity index (χ0v) is 12.5. The smallest absolute Gasteiger partial charge is 0.253 e. The average molecular weight is 276 g/mol. The first-order chi connectivity index (χ1) is 9.51. The number of amides is 1. The summed E-state index contributed by atoms with van der Waals surface area (Å²) in [5.41, 5.74) is 6.87. The first-order valence-corrected chi connectivity index (χ1v) is 7.24. The van der Waals surface area contributed by atoms with Gasteiger partial charge in [0.25, 0.3) is 5.91 Å². The van der Waals surface area contributed by atoms with E-state index in [9.17, 15) is 4.79 Å². The van der Waals surface area contributed by atoms with E-state index in [1.807, 2.05) is 0 Å². The summed E-state index contributed by atoms with van der Waals surface area (Å²) in [6.45, 7) is 4.49. The number of hydrogen-bond acceptors (Lipinski definition) is 3. The van der Waals surface area contributed by atoms with Gasteiger partial charge in [0.15, 0.2) is 0 Å². The van der Waals surface area contributed by atoms with Crippen LogP contribution in [0.25, 0.3) is 0 Å². The van der Waals surface area contributed by atoms with Crippen molar-refractivity contribution in [3.05, 3.63) is 23.8 Å². The van der Waals surface area contributed by atoms with Crippen LogP contribution < -0.4 is 15.8 Å². The SMILES string of the molecule is COc1cccc(C(=O)NC2CC(C)CC(C)C2)c1N. The van der Waals surface area contributed by atoms with Crippen LogP contribution in [0.2, 0.25) is 0 Å². The predicted octanol–water partition coefficient (Wildman–Crippen LogP) is 2.83. The molecule has 2 rings (SSSR count). The van der Waals surface area contributed by atoms with Crippen molar-refractivity contribution in [2.75, 3.05) is 12.8 Å². The van der Waals surface area contributed by atoms with Gasteiger partial charge in [-0.2, -0.15) is 0 Å². The summed E-state index contributed by atoms with van der Waals surface area (Å²) < 4.78 is 5.15. The number of hydrogen-bond donors (Lipinski definition) is 2. The highest BCUT2D eigenvalue weighted by Crippen LogP contribution is 2.29. The molecular formula is C16H24N2O2. The number of para-hydroxylation sites is 1. The normalized spacial score (nSPS) is 26.1. The second-order valence-electron chi connectivity index (χ2n) is 6.01. The minimum atomic E-state index is -0.104. The first-order valence-electron chi connectivity index (χ1n) is 7.24. The Morgan fingerprint density at radius 3 is 2.50 bits per heavy atom. The van der Waals surface area contributed by atoms with Gasteiger partial charge < -0.3 is 15.8 Å². The second kappa shape index (κ2) is 6.16. The van der Waals surface area contributed by atoms with Crippen LogP contribution >= 0.6 is 0 Å². The molecule has 0 radical (unpaired) electrons. The Labute approximate surface area is 120 Å². The van der Waals surface area contributed by atoms with E-state index in [1.54, 1.807) is 25.3 Å². The van der Waals surface area contributed by atoms with Gasteiger partial charge in [-0.15, -0.1) is 0 Å². The van der Waals surface area contributed by atoms with Crippen molar-refractivity contribution in [3.8, 4) is 5.75 Å². The topological polar surface area (TPSA) is 64.3 Å². The highest BCUT2D eigenvalue weighted by Gasteiger charge is 2.26. The zero-order valence-electron chi connectivity index (χ0n) is 12.5. The van der Waals surface area contributed by atoms with Crippen molar-refractivity contribution in [1.29, 1.82) is 0 Å². The van der Waals surface area contributed by atoms with Crippen molar-refractivity contribution >= 4 is 11.6 Å². The number of ether oxygens (including phenoxy) is 1. The van der Waals surface area contributed by atoms with Crippen molar-refractivity contribution in [3.63, 3.8) is 0 Å². The van der Waals surface area contributed by atoms with Gasteiger partial charge in [0.2, 0.25) is 0 Å². The number of rotatable bonds is 3. The van der Waals surface area contributed by atoms with Crippen LogP contribution in [0, 0.1) is 11.8 Å². The lowest BCUT2D eigenvalue weighted by Gasteiger charge is -2.32. The minimum absolute atomic E-state index is 0.104. The highest BCUT2D eigenvalue weighted by atomic mass is 16.5. The Balaban J connectivity index is 2.08. The van der Waals surface area contributed by atoms with Gasteiger partial charge in [0.05, 0.1) is 18.4 Å². The quantitative estimate of drug-likeness (QED) is 0.834. The summed E-state index contributed by atoms with van der Waals surface area (Å²) in [6, 6.07) is 5.53. The molecule has 110 valence electrons. The van der Waals surface area contributed by atoms with Gasteiger partial charge in [-0.3, -0.25) is 4.79 Å². The third kappa shape index (κ3) is 3.24. The highest BCUT2D eigenvalue weighted by molar-refractivity contribution is 6.00. The number of nitrogen functional groups attached to an aromatic ring is 1. The summed E-state index contributed by atoms with van der Waals surface area (Å²) >= 11 is 0. The number of nitrogens with one attached hydrogen (secondary N) is 1. The molecule has 1 saturated carbocycles. The Morgan fingerprint density at radius 2 is 1.90 bits per heavy atom. The van der Waals surface area contributed by atoms with Crippen LogP contribution in [0.3, 0.4) is 0 Å². The molecule has 1 aliphatic rings. The molecule has 0 aromatic heterocycles. The second-order valence-corrected chi connectivity index (χ2v) is 6.01. The number of carbonyl (C=O) groups is 1. The number of benzene rings is 1. The maximum Gasteiger partial charge on any atom is 0.253 e. The summed E-state index contributed by atoms with van der Waals surface area (Å²) in [7, 11) is 1.55. The summed E-state index contributed by atoms with van der Waals surface area (Å²) in [6.07, 6.45) is 3.33. The fourth-order valence-electron chi connectivity index (χ4n) is 3.25. The summed E-state index contributed by atoms with van der Waals surface area (Å²) in [5, 5.41) is 3.11. The number of carbonyl (C=O) groups excluding carboxylic acids is 1. The molecule has 1 aliphatic carbocycles. The molecule has 0 aliphatic heterocycles. The third-order valence-electron chi connectivity index (χ3n) is 4.04. The monoisotopic (exact) mass is 276 g/mol. The van der Waals surface area contributed by atoms with Crippen LogP contribution in [0.1, 0.15) is 43.5 Å². The summed E-state index contributed by atoms with van der Waals surface area (Å²) in [5.74, 6) is 1.76. The van der Waals surface area contributed by atoms with Gasteiger partial charge in [-0.05, 0) is 43.2 Å². The van der Waals surface area contributed by atoms with E-state index in [2.05, 4.69) is 19.2 Å². The molecule has 1 fully saturated rings. The molecule has 2 unspecified atom stereocenters. The van der Waals surface area contributed by atoms with E-state index >= 15 is 0 Å². The Kier molecular flexibility index (Phi) is 4.53. The van der Waals surface area contributed by atoms with Crippen molar-refractivity contribution in [2.45, 2.75) is 39.2 Å². The molecule has 2 atom stereocenters. The molecule has 4 nitrogen and oxygen atoms in total. The van der Waals surface area contributed by atoms with Crippen molar-refractivity contribution < 1.29 is 9.53 Å². The van der Waals surface area contributed by atoms with Gasteiger partial charge in [0, 0.05) is 6.04 Å². The molecule has 0 heterocycles. The molecule has 0 spiro atoms. The summed E-state index contributed by atoms with van der Waals surface area (Å²) in [4.78, 5) is 12.4. The van der Waals surface area contributed by atoms with Gasteiger partial charge in [0.1, 0.15) is 5.75 Å². The van der Waals surface area contributed by atoms with Crippen LogP contribution in [-0.4, -0.2) is 19.1 Å². The Morgan fingerprint density at radius 1 is 1.25 bits per heavy atom.